The smallest absolute Gasteiger partial charge is 0.120 e. The number of hydrogen-bond donors (Lipinski definition) is 1. The van der Waals surface area contributed by atoms with E-state index in [-0.39, 0.29) is 0 Å². The van der Waals surface area contributed by atoms with Crippen LogP contribution < -0.4 is 10.1 Å². The Morgan fingerprint density at radius 1 is 1.22 bits per heavy atom. The van der Waals surface area contributed by atoms with Crippen LogP contribution in [0.4, 0.5) is 0 Å². The lowest BCUT2D eigenvalue weighted by Crippen LogP contribution is -2.34. The van der Waals surface area contributed by atoms with Crippen LogP contribution >= 0.6 is 0 Å². The van der Waals surface area contributed by atoms with Gasteiger partial charge in [0.15, 0.2) is 0 Å². The number of aromatic nitrogens is 2. The van der Waals surface area contributed by atoms with E-state index < -0.39 is 0 Å². The number of nitrogens with one attached hydrogen (secondary N) is 1. The van der Waals surface area contributed by atoms with Gasteiger partial charge in [0.25, 0.3) is 0 Å². The summed E-state index contributed by atoms with van der Waals surface area (Å²) >= 11 is 0. The minimum atomic E-state index is 0.337. The molecule has 1 aromatic carbocycles. The van der Waals surface area contributed by atoms with E-state index in [1.54, 1.807) is 12.4 Å². The molecule has 3 rings (SSSR count). The average Bonchev–Trinajstić information content (AvgIpc) is 2.57. The Kier molecular flexibility index (Phi) is 5.56. The lowest BCUT2D eigenvalue weighted by molar-refractivity contribution is 0.162. The molecule has 0 amide bonds. The molecule has 0 spiro atoms. The summed E-state index contributed by atoms with van der Waals surface area (Å²) in [6.07, 6.45) is 7.74. The van der Waals surface area contributed by atoms with E-state index in [1.807, 2.05) is 12.3 Å². The van der Waals surface area contributed by atoms with Crippen LogP contribution in [0.2, 0.25) is 0 Å². The van der Waals surface area contributed by atoms with Crippen molar-refractivity contribution < 1.29 is 4.74 Å². The van der Waals surface area contributed by atoms with Gasteiger partial charge in [-0.3, -0.25) is 14.9 Å². The number of rotatable bonds is 6. The van der Waals surface area contributed by atoms with E-state index in [9.17, 15) is 0 Å². The van der Waals surface area contributed by atoms with Gasteiger partial charge in [-0.1, -0.05) is 12.1 Å². The highest BCUT2D eigenvalue weighted by Gasteiger charge is 2.14. The first kappa shape index (κ1) is 15.9. The Bertz CT molecular complexity index is 599. The summed E-state index contributed by atoms with van der Waals surface area (Å²) in [6, 6.07) is 8.41. The van der Waals surface area contributed by atoms with Crippen LogP contribution in [-0.2, 0) is 13.1 Å². The van der Waals surface area contributed by atoms with Gasteiger partial charge in [0.1, 0.15) is 11.9 Å². The Morgan fingerprint density at radius 2 is 2.09 bits per heavy atom. The molecular formula is C18H24N4O. The Morgan fingerprint density at radius 3 is 2.87 bits per heavy atom. The molecule has 0 bridgehead atoms. The van der Waals surface area contributed by atoms with E-state index in [0.29, 0.717) is 6.10 Å². The quantitative estimate of drug-likeness (QED) is 0.886. The van der Waals surface area contributed by atoms with Crippen LogP contribution in [0.5, 0.6) is 5.75 Å². The SMILES string of the molecule is CN(Cc1cccc(OC2CCNCC2)c1)Cc1cnccn1. The van der Waals surface area contributed by atoms with E-state index in [4.69, 9.17) is 4.74 Å². The van der Waals surface area contributed by atoms with Crippen LogP contribution in [0.3, 0.4) is 0 Å². The highest BCUT2D eigenvalue weighted by atomic mass is 16.5. The van der Waals surface area contributed by atoms with Gasteiger partial charge in [0.05, 0.1) is 5.69 Å². The van der Waals surface area contributed by atoms with Crippen LogP contribution in [0.1, 0.15) is 24.1 Å². The molecule has 2 aromatic rings. The highest BCUT2D eigenvalue weighted by molar-refractivity contribution is 5.28. The maximum Gasteiger partial charge on any atom is 0.120 e. The van der Waals surface area contributed by atoms with E-state index in [2.05, 4.69) is 45.4 Å². The fraction of sp³-hybridized carbons (Fsp3) is 0.444. The lowest BCUT2D eigenvalue weighted by Gasteiger charge is -2.24. The van der Waals surface area contributed by atoms with Crippen molar-refractivity contribution >= 4 is 0 Å². The molecule has 0 saturated carbocycles. The summed E-state index contributed by atoms with van der Waals surface area (Å²) in [7, 11) is 2.09. The number of nitrogens with zero attached hydrogens (tertiary/aromatic N) is 3. The molecule has 1 fully saturated rings. The molecule has 0 unspecified atom stereocenters. The summed E-state index contributed by atoms with van der Waals surface area (Å²) in [6.45, 7) is 3.74. The van der Waals surface area contributed by atoms with E-state index >= 15 is 0 Å². The fourth-order valence-electron chi connectivity index (χ4n) is 2.88. The minimum Gasteiger partial charge on any atom is -0.490 e. The second-order valence-corrected chi connectivity index (χ2v) is 6.08. The Labute approximate surface area is 137 Å². The number of hydrogen-bond acceptors (Lipinski definition) is 5. The van der Waals surface area contributed by atoms with Gasteiger partial charge in [0.2, 0.25) is 0 Å². The minimum absolute atomic E-state index is 0.337. The first-order chi connectivity index (χ1) is 11.3. The molecule has 0 radical (unpaired) electrons. The molecule has 5 nitrogen and oxygen atoms in total. The molecule has 1 aliphatic rings. The number of piperidine rings is 1. The normalized spacial score (nSPS) is 15.7. The molecule has 23 heavy (non-hydrogen) atoms. The Hall–Kier alpha value is -1.98. The van der Waals surface area contributed by atoms with E-state index in [1.165, 1.54) is 5.56 Å². The maximum atomic E-state index is 6.11. The summed E-state index contributed by atoms with van der Waals surface area (Å²) in [4.78, 5) is 10.7. The predicted molar refractivity (Wildman–Crippen MR) is 90.2 cm³/mol. The topological polar surface area (TPSA) is 50.3 Å². The standard InChI is InChI=1S/C18H24N4O/c1-22(14-16-12-20-9-10-21-16)13-15-3-2-4-18(11-15)23-17-5-7-19-8-6-17/h2-4,9-12,17,19H,5-8,13-14H2,1H3. The molecule has 1 saturated heterocycles. The van der Waals surface area contributed by atoms with Gasteiger partial charge in [-0.15, -0.1) is 0 Å². The van der Waals surface area contributed by atoms with Crippen molar-refractivity contribution in [2.45, 2.75) is 32.0 Å². The molecule has 2 heterocycles. The van der Waals surface area contributed by atoms with Crippen molar-refractivity contribution in [1.29, 1.82) is 0 Å². The van der Waals surface area contributed by atoms with Crippen molar-refractivity contribution in [2.24, 2.45) is 0 Å². The molecule has 1 N–H and O–H groups in total. The van der Waals surface area contributed by atoms with Gasteiger partial charge >= 0.3 is 0 Å². The first-order valence-corrected chi connectivity index (χ1v) is 8.19. The lowest BCUT2D eigenvalue weighted by atomic mass is 10.1. The van der Waals surface area contributed by atoms with Crippen LogP contribution in [0.15, 0.2) is 42.9 Å². The highest BCUT2D eigenvalue weighted by Crippen LogP contribution is 2.19. The third-order valence-corrected chi connectivity index (χ3v) is 3.99. The third-order valence-electron chi connectivity index (χ3n) is 3.99. The van der Waals surface area contributed by atoms with Crippen molar-refractivity contribution in [3.05, 3.63) is 54.1 Å². The van der Waals surface area contributed by atoms with Gasteiger partial charge in [0, 0.05) is 31.7 Å². The summed E-state index contributed by atoms with van der Waals surface area (Å²) in [5, 5.41) is 3.36. The zero-order valence-electron chi connectivity index (χ0n) is 13.6. The molecule has 0 atom stereocenters. The van der Waals surface area contributed by atoms with Crippen molar-refractivity contribution in [3.8, 4) is 5.75 Å². The van der Waals surface area contributed by atoms with Gasteiger partial charge in [-0.05, 0) is 50.7 Å². The molecule has 1 aliphatic heterocycles. The average molecular weight is 312 g/mol. The second-order valence-electron chi connectivity index (χ2n) is 6.08. The molecule has 5 heteroatoms. The molecule has 1 aromatic heterocycles. The summed E-state index contributed by atoms with van der Waals surface area (Å²) < 4.78 is 6.11. The van der Waals surface area contributed by atoms with Crippen LogP contribution in [-0.4, -0.2) is 41.1 Å². The largest absolute Gasteiger partial charge is 0.490 e. The van der Waals surface area contributed by atoms with Gasteiger partial charge in [-0.25, -0.2) is 0 Å². The zero-order chi connectivity index (χ0) is 15.9. The first-order valence-electron chi connectivity index (χ1n) is 8.19. The zero-order valence-corrected chi connectivity index (χ0v) is 13.6. The van der Waals surface area contributed by atoms with Crippen LogP contribution in [0.25, 0.3) is 0 Å². The summed E-state index contributed by atoms with van der Waals surface area (Å²) in [5.41, 5.74) is 2.24. The molecular weight excluding hydrogens is 288 g/mol. The Balaban J connectivity index is 1.56. The van der Waals surface area contributed by atoms with Crippen molar-refractivity contribution in [2.75, 3.05) is 20.1 Å². The van der Waals surface area contributed by atoms with Gasteiger partial charge < -0.3 is 10.1 Å². The number of ether oxygens (including phenoxy) is 1. The second kappa shape index (κ2) is 8.04. The summed E-state index contributed by atoms with van der Waals surface area (Å²) in [5.74, 6) is 0.974. The van der Waals surface area contributed by atoms with Crippen molar-refractivity contribution in [1.82, 2.24) is 20.2 Å². The monoisotopic (exact) mass is 312 g/mol. The molecule has 0 aliphatic carbocycles. The van der Waals surface area contributed by atoms with Crippen molar-refractivity contribution in [3.63, 3.8) is 0 Å². The van der Waals surface area contributed by atoms with Crippen LogP contribution in [0, 0.1) is 0 Å². The fourth-order valence-corrected chi connectivity index (χ4v) is 2.88. The third kappa shape index (κ3) is 5.01. The molecule has 122 valence electrons. The maximum absolute atomic E-state index is 6.11. The van der Waals surface area contributed by atoms with E-state index in [0.717, 1.165) is 50.5 Å². The predicted octanol–water partition coefficient (Wildman–Crippen LogP) is 2.24. The number of benzene rings is 1. The van der Waals surface area contributed by atoms with Gasteiger partial charge in [-0.2, -0.15) is 0 Å².